The van der Waals surface area contributed by atoms with E-state index >= 15 is 0 Å². The average molecular weight is 280 g/mol. The lowest BCUT2D eigenvalue weighted by molar-refractivity contribution is 0.291. The van der Waals surface area contributed by atoms with E-state index in [2.05, 4.69) is 16.7 Å². The zero-order valence-electron chi connectivity index (χ0n) is 10.7. The summed E-state index contributed by atoms with van der Waals surface area (Å²) in [5.74, 6) is 6.81. The number of hydrogen-bond acceptors (Lipinski definition) is 3. The van der Waals surface area contributed by atoms with E-state index in [-0.39, 0.29) is 12.4 Å². The first-order chi connectivity index (χ1) is 9.19. The minimum absolute atomic E-state index is 0.263. The molecule has 3 nitrogen and oxygen atoms in total. The topological polar surface area (TPSA) is 46.3 Å². The van der Waals surface area contributed by atoms with Gasteiger partial charge in [-0.1, -0.05) is 17.9 Å². The van der Waals surface area contributed by atoms with Crippen molar-refractivity contribution in [3.05, 3.63) is 35.1 Å². The second kappa shape index (κ2) is 6.80. The van der Waals surface area contributed by atoms with Gasteiger partial charge in [-0.2, -0.15) is 0 Å². The van der Waals surface area contributed by atoms with Crippen LogP contribution in [0.3, 0.4) is 0 Å². The first-order valence-electron chi connectivity index (χ1n) is 6.24. The highest BCUT2D eigenvalue weighted by molar-refractivity contribution is 7.85. The quantitative estimate of drug-likeness (QED) is 0.811. The Hall–Kier alpha value is -1.22. The molecule has 2 rings (SSSR count). The predicted molar refractivity (Wildman–Crippen MR) is 75.5 cm³/mol. The van der Waals surface area contributed by atoms with Crippen molar-refractivity contribution in [3.8, 4) is 11.8 Å². The minimum Gasteiger partial charge on any atom is -0.320 e. The normalized spacial score (nSPS) is 16.9. The molecule has 0 aliphatic carbocycles. The van der Waals surface area contributed by atoms with Crippen LogP contribution in [0, 0.1) is 17.7 Å². The molecule has 1 heterocycles. The maximum Gasteiger partial charge on any atom is 0.124 e. The molecule has 0 atom stereocenters. The van der Waals surface area contributed by atoms with Gasteiger partial charge < -0.3 is 5.73 Å². The molecule has 1 aromatic carbocycles. The Labute approximate surface area is 115 Å². The van der Waals surface area contributed by atoms with Gasteiger partial charge in [-0.3, -0.25) is 9.11 Å². The van der Waals surface area contributed by atoms with Gasteiger partial charge in [0, 0.05) is 47.5 Å². The molecule has 0 unspecified atom stereocenters. The molecule has 0 amide bonds. The lowest BCUT2D eigenvalue weighted by Gasteiger charge is -2.26. The summed E-state index contributed by atoms with van der Waals surface area (Å²) in [4.78, 5) is 2.22. The van der Waals surface area contributed by atoms with E-state index in [4.69, 9.17) is 5.73 Å². The summed E-state index contributed by atoms with van der Waals surface area (Å²) in [5.41, 5.74) is 7.04. The lowest BCUT2D eigenvalue weighted by atomic mass is 10.1. The minimum atomic E-state index is -0.679. The number of nitrogens with zero attached hydrogens (tertiary/aromatic N) is 1. The van der Waals surface area contributed by atoms with Crippen LogP contribution in [0.1, 0.15) is 11.1 Å². The standard InChI is InChI=1S/C14H17FN2OS/c15-14-4-3-13(12(10-14)2-1-5-16)11-17-6-8-19(18)9-7-17/h3-4,10H,5-9,11,16H2. The van der Waals surface area contributed by atoms with Crippen molar-refractivity contribution < 1.29 is 8.60 Å². The first-order valence-corrected chi connectivity index (χ1v) is 7.72. The Morgan fingerprint density at radius 1 is 1.37 bits per heavy atom. The Morgan fingerprint density at radius 2 is 2.11 bits per heavy atom. The van der Waals surface area contributed by atoms with Crippen LogP contribution in [0.15, 0.2) is 18.2 Å². The number of halogens is 1. The summed E-state index contributed by atoms with van der Waals surface area (Å²) in [6, 6.07) is 4.66. The van der Waals surface area contributed by atoms with Crippen molar-refractivity contribution in [2.24, 2.45) is 5.73 Å². The summed E-state index contributed by atoms with van der Waals surface area (Å²) < 4.78 is 24.6. The molecule has 1 fully saturated rings. The molecule has 1 aliphatic heterocycles. The molecule has 2 N–H and O–H groups in total. The molecular weight excluding hydrogens is 263 g/mol. The van der Waals surface area contributed by atoms with E-state index < -0.39 is 10.8 Å². The van der Waals surface area contributed by atoms with Crippen LogP contribution >= 0.6 is 0 Å². The fourth-order valence-electron chi connectivity index (χ4n) is 2.02. The average Bonchev–Trinajstić information content (AvgIpc) is 2.41. The highest BCUT2D eigenvalue weighted by Gasteiger charge is 2.16. The van der Waals surface area contributed by atoms with Crippen LogP contribution in [0.5, 0.6) is 0 Å². The van der Waals surface area contributed by atoms with Gasteiger partial charge in [0.15, 0.2) is 0 Å². The Morgan fingerprint density at radius 3 is 2.79 bits per heavy atom. The summed E-state index contributed by atoms with van der Waals surface area (Å²) in [7, 11) is -0.679. The molecule has 1 aromatic rings. The predicted octanol–water partition coefficient (Wildman–Crippen LogP) is 0.700. The van der Waals surface area contributed by atoms with E-state index in [1.165, 1.54) is 12.1 Å². The van der Waals surface area contributed by atoms with Gasteiger partial charge in [0.1, 0.15) is 5.82 Å². The fourth-order valence-corrected chi connectivity index (χ4v) is 3.15. The third-order valence-corrected chi connectivity index (χ3v) is 4.34. The van der Waals surface area contributed by atoms with Crippen molar-refractivity contribution in [3.63, 3.8) is 0 Å². The Kier molecular flexibility index (Phi) is 5.08. The van der Waals surface area contributed by atoms with Gasteiger partial charge in [0.2, 0.25) is 0 Å². The zero-order chi connectivity index (χ0) is 13.7. The Balaban J connectivity index is 2.12. The van der Waals surface area contributed by atoms with Crippen molar-refractivity contribution >= 4 is 10.8 Å². The summed E-state index contributed by atoms with van der Waals surface area (Å²) in [6.07, 6.45) is 0. The monoisotopic (exact) mass is 280 g/mol. The molecule has 102 valence electrons. The number of hydrogen-bond donors (Lipinski definition) is 1. The second-order valence-corrected chi connectivity index (χ2v) is 6.13. The first kappa shape index (κ1) is 14.2. The van der Waals surface area contributed by atoms with E-state index in [9.17, 15) is 8.60 Å². The number of nitrogens with two attached hydrogens (primary N) is 1. The van der Waals surface area contributed by atoms with Crippen LogP contribution in [0.2, 0.25) is 0 Å². The summed E-state index contributed by atoms with van der Waals surface area (Å²) >= 11 is 0. The van der Waals surface area contributed by atoms with E-state index in [0.29, 0.717) is 23.6 Å². The number of benzene rings is 1. The Bertz CT molecular complexity index is 526. The maximum absolute atomic E-state index is 13.3. The highest BCUT2D eigenvalue weighted by Crippen LogP contribution is 2.14. The molecule has 0 aromatic heterocycles. The molecule has 19 heavy (non-hydrogen) atoms. The molecule has 0 radical (unpaired) electrons. The third-order valence-electron chi connectivity index (χ3n) is 3.06. The molecule has 5 heteroatoms. The molecule has 0 saturated carbocycles. The summed E-state index contributed by atoms with van der Waals surface area (Å²) in [5, 5.41) is 0. The van der Waals surface area contributed by atoms with E-state index in [1.807, 2.05) is 0 Å². The lowest BCUT2D eigenvalue weighted by Crippen LogP contribution is -2.37. The van der Waals surface area contributed by atoms with Gasteiger partial charge in [-0.15, -0.1) is 0 Å². The maximum atomic E-state index is 13.3. The van der Waals surface area contributed by atoms with Gasteiger partial charge in [-0.05, 0) is 17.7 Å². The van der Waals surface area contributed by atoms with Crippen molar-refractivity contribution in [2.45, 2.75) is 6.54 Å². The van der Waals surface area contributed by atoms with Crippen LogP contribution in [-0.4, -0.2) is 40.2 Å². The van der Waals surface area contributed by atoms with Crippen LogP contribution < -0.4 is 5.73 Å². The summed E-state index contributed by atoms with van der Waals surface area (Å²) in [6.45, 7) is 2.60. The molecule has 0 spiro atoms. The molecule has 1 saturated heterocycles. The molecule has 0 bridgehead atoms. The second-order valence-electron chi connectivity index (χ2n) is 4.43. The SMILES string of the molecule is NCC#Cc1cc(F)ccc1CN1CCS(=O)CC1. The number of rotatable bonds is 2. The van der Waals surface area contributed by atoms with Crippen molar-refractivity contribution in [1.82, 2.24) is 4.90 Å². The van der Waals surface area contributed by atoms with Crippen LogP contribution in [-0.2, 0) is 17.3 Å². The third kappa shape index (κ3) is 4.13. The van der Waals surface area contributed by atoms with Crippen molar-refractivity contribution in [1.29, 1.82) is 0 Å². The van der Waals surface area contributed by atoms with Crippen molar-refractivity contribution in [2.75, 3.05) is 31.1 Å². The molecule has 1 aliphatic rings. The molecular formula is C14H17FN2OS. The van der Waals surface area contributed by atoms with Gasteiger partial charge in [0.05, 0.1) is 6.54 Å². The van der Waals surface area contributed by atoms with Gasteiger partial charge in [-0.25, -0.2) is 4.39 Å². The van der Waals surface area contributed by atoms with Crippen LogP contribution in [0.4, 0.5) is 4.39 Å². The zero-order valence-corrected chi connectivity index (χ0v) is 11.5. The van der Waals surface area contributed by atoms with Gasteiger partial charge in [0.25, 0.3) is 0 Å². The van der Waals surface area contributed by atoms with Crippen LogP contribution in [0.25, 0.3) is 0 Å². The highest BCUT2D eigenvalue weighted by atomic mass is 32.2. The van der Waals surface area contributed by atoms with Gasteiger partial charge >= 0.3 is 0 Å². The largest absolute Gasteiger partial charge is 0.320 e. The van der Waals surface area contributed by atoms with E-state index in [0.717, 1.165) is 18.7 Å². The fraction of sp³-hybridized carbons (Fsp3) is 0.429. The van der Waals surface area contributed by atoms with E-state index in [1.54, 1.807) is 6.07 Å². The smallest absolute Gasteiger partial charge is 0.124 e.